The second-order valence-corrected chi connectivity index (χ2v) is 3.68. The molecular weight excluding hydrogens is 234 g/mol. The van der Waals surface area contributed by atoms with Crippen LogP contribution in [0, 0.1) is 10.1 Å². The molecule has 1 atom stereocenters. The van der Waals surface area contributed by atoms with Crippen molar-refractivity contribution < 1.29 is 14.5 Å². The zero-order valence-electron chi connectivity index (χ0n) is 8.77. The van der Waals surface area contributed by atoms with Crippen LogP contribution in [-0.4, -0.2) is 16.8 Å². The van der Waals surface area contributed by atoms with Crippen molar-refractivity contribution in [3.05, 3.63) is 33.3 Å². The Morgan fingerprint density at radius 3 is 2.69 bits per heavy atom. The fourth-order valence-electron chi connectivity index (χ4n) is 1.01. The quantitative estimate of drug-likeness (QED) is 0.602. The molecule has 1 unspecified atom stereocenters. The van der Waals surface area contributed by atoms with E-state index in [0.717, 1.165) is 0 Å². The van der Waals surface area contributed by atoms with Gasteiger partial charge in [-0.15, -0.1) is 0 Å². The molecule has 86 valence electrons. The lowest BCUT2D eigenvalue weighted by atomic mass is 10.2. The van der Waals surface area contributed by atoms with Crippen LogP contribution >= 0.6 is 11.6 Å². The summed E-state index contributed by atoms with van der Waals surface area (Å²) in [5.74, 6) is -0.165. The van der Waals surface area contributed by atoms with Crippen LogP contribution in [0.2, 0.25) is 5.02 Å². The van der Waals surface area contributed by atoms with Gasteiger partial charge in [-0.25, -0.2) is 0 Å². The molecule has 0 N–H and O–H groups in total. The van der Waals surface area contributed by atoms with Gasteiger partial charge in [0.15, 0.2) is 17.6 Å². The molecule has 0 heterocycles. The lowest BCUT2D eigenvalue weighted by Gasteiger charge is -2.11. The first-order valence-corrected chi connectivity index (χ1v) is 4.90. The Morgan fingerprint density at radius 2 is 2.19 bits per heavy atom. The summed E-state index contributed by atoms with van der Waals surface area (Å²) >= 11 is 5.63. The summed E-state index contributed by atoms with van der Waals surface area (Å²) in [6, 6.07) is 4.03. The lowest BCUT2D eigenvalue weighted by Crippen LogP contribution is -2.21. The predicted molar refractivity (Wildman–Crippen MR) is 58.9 cm³/mol. The Morgan fingerprint density at radius 1 is 1.56 bits per heavy atom. The first kappa shape index (κ1) is 12.4. The number of carbonyl (C=O) groups excluding carboxylic acids is 1. The fourth-order valence-corrected chi connectivity index (χ4v) is 1.17. The molecule has 16 heavy (non-hydrogen) atoms. The standard InChI is InChI=1S/C10H10ClNO4/c1-6(13)7(2)16-10-4-3-8(11)5-9(10)12(14)15/h3-5,7H,1-2H3. The molecule has 0 aliphatic rings. The maximum Gasteiger partial charge on any atom is 0.312 e. The number of Topliss-reactive ketones (excluding diaryl/α,β-unsaturated/α-hetero) is 1. The van der Waals surface area contributed by atoms with E-state index in [-0.39, 0.29) is 22.2 Å². The number of rotatable bonds is 4. The number of ether oxygens (including phenoxy) is 1. The monoisotopic (exact) mass is 243 g/mol. The molecule has 0 aliphatic heterocycles. The highest BCUT2D eigenvalue weighted by molar-refractivity contribution is 6.30. The minimum atomic E-state index is -0.722. The van der Waals surface area contributed by atoms with Gasteiger partial charge in [-0.05, 0) is 26.0 Å². The molecular formula is C10H10ClNO4. The molecule has 0 spiro atoms. The molecule has 0 aliphatic carbocycles. The molecule has 0 saturated carbocycles. The summed E-state index contributed by atoms with van der Waals surface area (Å²) < 4.78 is 5.17. The van der Waals surface area contributed by atoms with Crippen LogP contribution in [0.25, 0.3) is 0 Å². The van der Waals surface area contributed by atoms with Gasteiger partial charge in [0.05, 0.1) is 4.92 Å². The summed E-state index contributed by atoms with van der Waals surface area (Å²) in [7, 11) is 0. The van der Waals surface area contributed by atoms with Gasteiger partial charge in [-0.1, -0.05) is 11.6 Å². The smallest absolute Gasteiger partial charge is 0.312 e. The van der Waals surface area contributed by atoms with E-state index in [1.54, 1.807) is 0 Å². The number of carbonyl (C=O) groups is 1. The van der Waals surface area contributed by atoms with E-state index in [2.05, 4.69) is 0 Å². The van der Waals surface area contributed by atoms with Crippen LogP contribution < -0.4 is 4.74 Å². The Bertz CT molecular complexity index is 433. The number of ketones is 1. The van der Waals surface area contributed by atoms with E-state index in [1.165, 1.54) is 32.0 Å². The highest BCUT2D eigenvalue weighted by Crippen LogP contribution is 2.30. The van der Waals surface area contributed by atoms with Crippen LogP contribution in [-0.2, 0) is 4.79 Å². The van der Waals surface area contributed by atoms with Crippen LogP contribution in [0.3, 0.4) is 0 Å². The number of hydrogen-bond acceptors (Lipinski definition) is 4. The molecule has 0 amide bonds. The van der Waals surface area contributed by atoms with Crippen molar-refractivity contribution in [1.82, 2.24) is 0 Å². The maximum atomic E-state index is 11.0. The molecule has 0 radical (unpaired) electrons. The molecule has 5 nitrogen and oxygen atoms in total. The minimum absolute atomic E-state index is 0.0390. The van der Waals surface area contributed by atoms with Gasteiger partial charge >= 0.3 is 5.69 Å². The Hall–Kier alpha value is -1.62. The first-order chi connectivity index (χ1) is 7.41. The predicted octanol–water partition coefficient (Wildman–Crippen LogP) is 2.60. The number of benzene rings is 1. The molecule has 0 bridgehead atoms. The molecule has 1 aromatic rings. The topological polar surface area (TPSA) is 69.4 Å². The number of nitro groups is 1. The van der Waals surface area contributed by atoms with Gasteiger partial charge in [0.2, 0.25) is 0 Å². The van der Waals surface area contributed by atoms with Crippen molar-refractivity contribution in [2.45, 2.75) is 20.0 Å². The van der Waals surface area contributed by atoms with Gasteiger partial charge in [-0.3, -0.25) is 14.9 Å². The van der Waals surface area contributed by atoms with Crippen molar-refractivity contribution in [3.8, 4) is 5.75 Å². The normalized spacial score (nSPS) is 11.9. The highest BCUT2D eigenvalue weighted by atomic mass is 35.5. The van der Waals surface area contributed by atoms with E-state index in [1.807, 2.05) is 0 Å². The molecule has 1 aromatic carbocycles. The maximum absolute atomic E-state index is 11.0. The van der Waals surface area contributed by atoms with Crippen molar-refractivity contribution in [2.75, 3.05) is 0 Å². The third-order valence-electron chi connectivity index (χ3n) is 1.99. The average Bonchev–Trinajstić information content (AvgIpc) is 2.20. The molecule has 1 rings (SSSR count). The zero-order chi connectivity index (χ0) is 12.3. The number of nitrogens with zero attached hydrogens (tertiary/aromatic N) is 1. The van der Waals surface area contributed by atoms with Crippen LogP contribution in [0.4, 0.5) is 5.69 Å². The summed E-state index contributed by atoms with van der Waals surface area (Å²) in [4.78, 5) is 21.1. The van der Waals surface area contributed by atoms with E-state index in [9.17, 15) is 14.9 Å². The molecule has 0 aromatic heterocycles. The molecule has 0 saturated heterocycles. The fraction of sp³-hybridized carbons (Fsp3) is 0.300. The summed E-state index contributed by atoms with van der Waals surface area (Å²) in [6.07, 6.45) is -0.722. The minimum Gasteiger partial charge on any atom is -0.476 e. The van der Waals surface area contributed by atoms with Crippen molar-refractivity contribution in [2.24, 2.45) is 0 Å². The SMILES string of the molecule is CC(=O)C(C)Oc1ccc(Cl)cc1[N+](=O)[O-]. The Kier molecular flexibility index (Phi) is 3.84. The lowest BCUT2D eigenvalue weighted by molar-refractivity contribution is -0.386. The average molecular weight is 244 g/mol. The van der Waals surface area contributed by atoms with E-state index < -0.39 is 11.0 Å². The molecule has 6 heteroatoms. The summed E-state index contributed by atoms with van der Waals surface area (Å²) in [5, 5.41) is 11.0. The molecule has 0 fully saturated rings. The van der Waals surface area contributed by atoms with Crippen LogP contribution in [0.1, 0.15) is 13.8 Å². The van der Waals surface area contributed by atoms with Gasteiger partial charge in [-0.2, -0.15) is 0 Å². The van der Waals surface area contributed by atoms with Gasteiger partial charge in [0.1, 0.15) is 0 Å². The van der Waals surface area contributed by atoms with E-state index >= 15 is 0 Å². The van der Waals surface area contributed by atoms with Crippen molar-refractivity contribution in [1.29, 1.82) is 0 Å². The van der Waals surface area contributed by atoms with Crippen molar-refractivity contribution in [3.63, 3.8) is 0 Å². The van der Waals surface area contributed by atoms with Gasteiger partial charge in [0.25, 0.3) is 0 Å². The number of hydrogen-bond donors (Lipinski definition) is 0. The third-order valence-corrected chi connectivity index (χ3v) is 2.23. The summed E-state index contributed by atoms with van der Waals surface area (Å²) in [6.45, 7) is 2.88. The van der Waals surface area contributed by atoms with Crippen LogP contribution in [0.5, 0.6) is 5.75 Å². The van der Waals surface area contributed by atoms with Gasteiger partial charge < -0.3 is 4.74 Å². The zero-order valence-corrected chi connectivity index (χ0v) is 9.52. The van der Waals surface area contributed by atoms with E-state index in [4.69, 9.17) is 16.3 Å². The first-order valence-electron chi connectivity index (χ1n) is 4.53. The second kappa shape index (κ2) is 4.94. The van der Waals surface area contributed by atoms with Crippen LogP contribution in [0.15, 0.2) is 18.2 Å². The summed E-state index contributed by atoms with van der Waals surface area (Å²) in [5.41, 5.74) is -0.249. The Balaban J connectivity index is 3.04. The number of halogens is 1. The second-order valence-electron chi connectivity index (χ2n) is 3.24. The number of nitro benzene ring substituents is 1. The highest BCUT2D eigenvalue weighted by Gasteiger charge is 2.19. The third kappa shape index (κ3) is 2.93. The van der Waals surface area contributed by atoms with Crippen molar-refractivity contribution >= 4 is 23.1 Å². The Labute approximate surface area is 97.1 Å². The largest absolute Gasteiger partial charge is 0.476 e. The van der Waals surface area contributed by atoms with E-state index in [0.29, 0.717) is 0 Å². The van der Waals surface area contributed by atoms with Gasteiger partial charge in [0, 0.05) is 11.1 Å².